The van der Waals surface area contributed by atoms with Crippen molar-refractivity contribution in [2.75, 3.05) is 72.5 Å². The maximum absolute atomic E-state index is 9.70. The average molecular weight is 417 g/mol. The Labute approximate surface area is 163 Å². The summed E-state index contributed by atoms with van der Waals surface area (Å²) in [6, 6.07) is 0. The first-order chi connectivity index (χ1) is 11.7. The minimum absolute atomic E-state index is 0.0442. The first-order valence-corrected chi connectivity index (χ1v) is 13.0. The number of aliphatic hydroxyl groups is 4. The van der Waals surface area contributed by atoms with Gasteiger partial charge in [0.1, 0.15) is 0 Å². The largest absolute Gasteiger partial charge is 0.396 e. The van der Waals surface area contributed by atoms with Gasteiger partial charge in [-0.1, -0.05) is 0 Å². The van der Waals surface area contributed by atoms with Gasteiger partial charge in [-0.3, -0.25) is 0 Å². The summed E-state index contributed by atoms with van der Waals surface area (Å²) in [5, 5.41) is 38.8. The molecule has 1 rings (SSSR count). The zero-order chi connectivity index (χ0) is 17.7. The standard InChI is InChI=1S/C16H32O4S4/c17-7-15(8-18)11-21-3-1-4-22-12-16(9-19,10-20)14-24-6-2-5-23-13-15/h17-20H,1-14H2. The van der Waals surface area contributed by atoms with Crippen molar-refractivity contribution in [3.8, 4) is 0 Å². The average Bonchev–Trinajstić information content (AvgIpc) is 2.62. The van der Waals surface area contributed by atoms with Crippen LogP contribution in [0.1, 0.15) is 12.8 Å². The molecular weight excluding hydrogens is 384 g/mol. The van der Waals surface area contributed by atoms with Gasteiger partial charge in [0.2, 0.25) is 0 Å². The van der Waals surface area contributed by atoms with E-state index < -0.39 is 0 Å². The first kappa shape index (κ1) is 23.3. The molecule has 0 atom stereocenters. The third-order valence-corrected chi connectivity index (χ3v) is 9.70. The van der Waals surface area contributed by atoms with Crippen molar-refractivity contribution >= 4 is 47.0 Å². The van der Waals surface area contributed by atoms with E-state index in [0.29, 0.717) is 0 Å². The molecule has 1 aliphatic rings. The van der Waals surface area contributed by atoms with Crippen molar-refractivity contribution in [2.45, 2.75) is 12.8 Å². The van der Waals surface area contributed by atoms with E-state index in [4.69, 9.17) is 0 Å². The Morgan fingerprint density at radius 3 is 0.958 bits per heavy atom. The normalized spacial score (nSPS) is 24.5. The number of rotatable bonds is 4. The van der Waals surface area contributed by atoms with Crippen LogP contribution in [-0.2, 0) is 0 Å². The number of hydrogen-bond acceptors (Lipinski definition) is 8. The summed E-state index contributed by atoms with van der Waals surface area (Å²) in [4.78, 5) is 0. The van der Waals surface area contributed by atoms with Crippen molar-refractivity contribution in [3.05, 3.63) is 0 Å². The van der Waals surface area contributed by atoms with E-state index in [1.165, 1.54) is 0 Å². The van der Waals surface area contributed by atoms with Crippen molar-refractivity contribution in [1.82, 2.24) is 0 Å². The Kier molecular flexibility index (Phi) is 13.0. The second kappa shape index (κ2) is 13.4. The molecule has 0 bridgehead atoms. The summed E-state index contributed by atoms with van der Waals surface area (Å²) < 4.78 is 0. The van der Waals surface area contributed by atoms with Gasteiger partial charge in [0.25, 0.3) is 0 Å². The Bertz CT molecular complexity index is 262. The Balaban J connectivity index is 2.53. The Morgan fingerprint density at radius 2 is 0.750 bits per heavy atom. The molecule has 0 spiro atoms. The lowest BCUT2D eigenvalue weighted by Gasteiger charge is -2.30. The maximum atomic E-state index is 9.70. The molecule has 8 heteroatoms. The molecule has 4 nitrogen and oxygen atoms in total. The minimum atomic E-state index is -0.365. The molecule has 0 unspecified atom stereocenters. The van der Waals surface area contributed by atoms with Gasteiger partial charge in [-0.25, -0.2) is 0 Å². The van der Waals surface area contributed by atoms with Crippen molar-refractivity contribution in [2.24, 2.45) is 10.8 Å². The fraction of sp³-hybridized carbons (Fsp3) is 1.00. The third kappa shape index (κ3) is 8.29. The van der Waals surface area contributed by atoms with E-state index >= 15 is 0 Å². The van der Waals surface area contributed by atoms with Crippen LogP contribution in [0.3, 0.4) is 0 Å². The summed E-state index contributed by atoms with van der Waals surface area (Å²) in [6.07, 6.45) is 2.13. The molecule has 4 N–H and O–H groups in total. The van der Waals surface area contributed by atoms with Crippen LogP contribution in [0.5, 0.6) is 0 Å². The fourth-order valence-electron chi connectivity index (χ4n) is 2.23. The lowest BCUT2D eigenvalue weighted by Crippen LogP contribution is -2.36. The molecule has 0 saturated carbocycles. The molecule has 144 valence electrons. The van der Waals surface area contributed by atoms with Crippen molar-refractivity contribution in [1.29, 1.82) is 0 Å². The number of hydrogen-bond donors (Lipinski definition) is 4. The van der Waals surface area contributed by atoms with Crippen LogP contribution in [0, 0.1) is 10.8 Å². The van der Waals surface area contributed by atoms with Gasteiger partial charge in [0.05, 0.1) is 26.4 Å². The lowest BCUT2D eigenvalue weighted by atomic mass is 9.96. The van der Waals surface area contributed by atoms with Crippen LogP contribution in [0.4, 0.5) is 0 Å². The highest BCUT2D eigenvalue weighted by atomic mass is 32.2. The first-order valence-electron chi connectivity index (χ1n) is 8.40. The molecule has 0 radical (unpaired) electrons. The highest BCUT2D eigenvalue weighted by molar-refractivity contribution is 8.01. The summed E-state index contributed by atoms with van der Waals surface area (Å²) in [6.45, 7) is 0.177. The number of aliphatic hydroxyl groups excluding tert-OH is 4. The van der Waals surface area contributed by atoms with E-state index in [2.05, 4.69) is 0 Å². The smallest absolute Gasteiger partial charge is 0.0525 e. The van der Waals surface area contributed by atoms with E-state index in [1.54, 1.807) is 0 Å². The predicted octanol–water partition coefficient (Wildman–Crippen LogP) is 1.66. The molecule has 0 amide bonds. The maximum Gasteiger partial charge on any atom is 0.0525 e. The van der Waals surface area contributed by atoms with Gasteiger partial charge in [-0.2, -0.15) is 47.0 Å². The molecule has 24 heavy (non-hydrogen) atoms. The summed E-state index contributed by atoms with van der Waals surface area (Å²) in [5.74, 6) is 7.23. The highest BCUT2D eigenvalue weighted by Crippen LogP contribution is 2.31. The Morgan fingerprint density at radius 1 is 0.500 bits per heavy atom. The number of thioether (sulfide) groups is 4. The summed E-state index contributed by atoms with van der Waals surface area (Å²) in [5.41, 5.74) is -0.731. The molecule has 1 heterocycles. The van der Waals surface area contributed by atoms with Crippen LogP contribution >= 0.6 is 47.0 Å². The van der Waals surface area contributed by atoms with E-state index in [0.717, 1.165) is 58.9 Å². The second-order valence-corrected chi connectivity index (χ2v) is 11.0. The molecule has 0 aromatic rings. The van der Waals surface area contributed by atoms with Crippen molar-refractivity contribution < 1.29 is 20.4 Å². The fourth-order valence-corrected chi connectivity index (χ4v) is 7.69. The second-order valence-electron chi connectivity index (χ2n) is 6.55. The van der Waals surface area contributed by atoms with E-state index in [-0.39, 0.29) is 37.3 Å². The summed E-state index contributed by atoms with van der Waals surface area (Å²) >= 11 is 7.23. The third-order valence-electron chi connectivity index (χ3n) is 4.13. The zero-order valence-corrected chi connectivity index (χ0v) is 17.6. The highest BCUT2D eigenvalue weighted by Gasteiger charge is 2.30. The molecule has 1 fully saturated rings. The van der Waals surface area contributed by atoms with E-state index in [1.807, 2.05) is 47.0 Å². The molecular formula is C16H32O4S4. The van der Waals surface area contributed by atoms with Crippen LogP contribution in [-0.4, -0.2) is 92.9 Å². The topological polar surface area (TPSA) is 80.9 Å². The van der Waals surface area contributed by atoms with Gasteiger partial charge in [-0.05, 0) is 35.9 Å². The predicted molar refractivity (Wildman–Crippen MR) is 112 cm³/mol. The van der Waals surface area contributed by atoms with Crippen LogP contribution in [0.2, 0.25) is 0 Å². The van der Waals surface area contributed by atoms with Crippen LogP contribution < -0.4 is 0 Å². The molecule has 0 aromatic heterocycles. The minimum Gasteiger partial charge on any atom is -0.396 e. The molecule has 0 aromatic carbocycles. The van der Waals surface area contributed by atoms with Gasteiger partial charge in [0.15, 0.2) is 0 Å². The lowest BCUT2D eigenvalue weighted by molar-refractivity contribution is 0.0932. The molecule has 1 aliphatic heterocycles. The van der Waals surface area contributed by atoms with Gasteiger partial charge in [-0.15, -0.1) is 0 Å². The zero-order valence-electron chi connectivity index (χ0n) is 14.3. The summed E-state index contributed by atoms with van der Waals surface area (Å²) in [7, 11) is 0. The SMILES string of the molecule is OCC1(CO)CSCCCSCC(CO)(CO)CSCCCSC1. The molecule has 1 saturated heterocycles. The van der Waals surface area contributed by atoms with E-state index in [9.17, 15) is 20.4 Å². The van der Waals surface area contributed by atoms with Gasteiger partial charge >= 0.3 is 0 Å². The van der Waals surface area contributed by atoms with Crippen LogP contribution in [0.25, 0.3) is 0 Å². The van der Waals surface area contributed by atoms with Crippen molar-refractivity contribution in [3.63, 3.8) is 0 Å². The van der Waals surface area contributed by atoms with Gasteiger partial charge in [0, 0.05) is 33.8 Å². The monoisotopic (exact) mass is 416 g/mol. The van der Waals surface area contributed by atoms with Gasteiger partial charge < -0.3 is 20.4 Å². The molecule has 0 aliphatic carbocycles. The Hall–Kier alpha value is 1.24. The van der Waals surface area contributed by atoms with Crippen LogP contribution in [0.15, 0.2) is 0 Å². The quantitative estimate of drug-likeness (QED) is 0.551.